The van der Waals surface area contributed by atoms with E-state index in [2.05, 4.69) is 15.6 Å². The van der Waals surface area contributed by atoms with Crippen molar-refractivity contribution in [2.45, 2.75) is 6.92 Å². The van der Waals surface area contributed by atoms with Gasteiger partial charge in [0.15, 0.2) is 0 Å². The van der Waals surface area contributed by atoms with Crippen LogP contribution in [0.25, 0.3) is 6.08 Å². The minimum absolute atomic E-state index is 0.147. The number of nitrogens with zero attached hydrogens (tertiary/aromatic N) is 1. The van der Waals surface area contributed by atoms with E-state index in [4.69, 9.17) is 11.6 Å². The number of aromatic nitrogens is 1. The van der Waals surface area contributed by atoms with E-state index in [-0.39, 0.29) is 11.6 Å². The summed E-state index contributed by atoms with van der Waals surface area (Å²) in [4.78, 5) is 27.4. The van der Waals surface area contributed by atoms with Crippen LogP contribution in [0.4, 0.5) is 5.69 Å². The highest BCUT2D eigenvalue weighted by atomic mass is 35.5. The van der Waals surface area contributed by atoms with Crippen molar-refractivity contribution in [3.63, 3.8) is 0 Å². The highest BCUT2D eigenvalue weighted by Gasteiger charge is 2.11. The van der Waals surface area contributed by atoms with Crippen molar-refractivity contribution in [2.24, 2.45) is 0 Å². The minimum Gasteiger partial charge on any atom is -0.322 e. The largest absolute Gasteiger partial charge is 0.322 e. The molecule has 1 heterocycles. The Balaban J connectivity index is 2.21. The molecular weight excluding hydrogens is 302 g/mol. The number of pyridine rings is 1. The predicted octanol–water partition coefficient (Wildman–Crippen LogP) is 2.85. The smallest absolute Gasteiger partial charge is 0.272 e. The highest BCUT2D eigenvalue weighted by molar-refractivity contribution is 6.29. The number of benzene rings is 1. The van der Waals surface area contributed by atoms with Crippen LogP contribution in [0.2, 0.25) is 5.15 Å². The van der Waals surface area contributed by atoms with E-state index in [0.717, 1.165) is 5.56 Å². The zero-order valence-corrected chi connectivity index (χ0v) is 12.6. The first-order valence-electron chi connectivity index (χ1n) is 6.52. The zero-order valence-electron chi connectivity index (χ0n) is 11.8. The normalized spacial score (nSPS) is 10.9. The van der Waals surface area contributed by atoms with Crippen LogP contribution >= 0.6 is 11.6 Å². The van der Waals surface area contributed by atoms with Crippen molar-refractivity contribution in [1.82, 2.24) is 10.3 Å². The Kier molecular flexibility index (Phi) is 5.27. The van der Waals surface area contributed by atoms with Crippen LogP contribution in [0.15, 0.2) is 54.4 Å². The van der Waals surface area contributed by atoms with Crippen molar-refractivity contribution < 1.29 is 9.59 Å². The highest BCUT2D eigenvalue weighted by Crippen LogP contribution is 2.12. The molecule has 22 heavy (non-hydrogen) atoms. The molecule has 5 nitrogen and oxygen atoms in total. The lowest BCUT2D eigenvalue weighted by molar-refractivity contribution is -0.120. The molecule has 0 atom stereocenters. The molecule has 0 saturated carbocycles. The Labute approximate surface area is 133 Å². The molecular formula is C16H14ClN3O2. The maximum absolute atomic E-state index is 12.3. The summed E-state index contributed by atoms with van der Waals surface area (Å²) in [6.45, 7) is 1.34. The second-order valence-corrected chi connectivity index (χ2v) is 4.86. The standard InChI is InChI=1S/C16H14ClN3O2/c1-11(21)19-14(9-12-5-3-2-4-6-12)16(22)20-13-7-8-15(17)18-10-13/h2-10H,1H3,(H,19,21)(H,20,22)/b14-9+. The molecule has 2 rings (SSSR count). The van der Waals surface area contributed by atoms with Crippen molar-refractivity contribution in [3.05, 3.63) is 65.1 Å². The van der Waals surface area contributed by atoms with Crippen molar-refractivity contribution in [1.29, 1.82) is 0 Å². The lowest BCUT2D eigenvalue weighted by atomic mass is 10.2. The van der Waals surface area contributed by atoms with Gasteiger partial charge in [-0.3, -0.25) is 9.59 Å². The predicted molar refractivity (Wildman–Crippen MR) is 86.1 cm³/mol. The van der Waals surface area contributed by atoms with Crippen LogP contribution in [0, 0.1) is 0 Å². The number of halogens is 1. The van der Waals surface area contributed by atoms with E-state index in [0.29, 0.717) is 10.8 Å². The number of anilines is 1. The molecule has 112 valence electrons. The Morgan fingerprint density at radius 3 is 2.45 bits per heavy atom. The first kappa shape index (κ1) is 15.7. The zero-order chi connectivity index (χ0) is 15.9. The lowest BCUT2D eigenvalue weighted by Crippen LogP contribution is -2.28. The van der Waals surface area contributed by atoms with Crippen LogP contribution in [0.3, 0.4) is 0 Å². The summed E-state index contributed by atoms with van der Waals surface area (Å²) in [6.07, 6.45) is 3.04. The van der Waals surface area contributed by atoms with E-state index in [1.165, 1.54) is 13.1 Å². The minimum atomic E-state index is -0.442. The molecule has 0 spiro atoms. The molecule has 2 aromatic rings. The Morgan fingerprint density at radius 2 is 1.86 bits per heavy atom. The Hall–Kier alpha value is -2.66. The van der Waals surface area contributed by atoms with Gasteiger partial charge in [-0.2, -0.15) is 0 Å². The maximum atomic E-state index is 12.3. The van der Waals surface area contributed by atoms with Gasteiger partial charge in [-0.25, -0.2) is 4.98 Å². The molecule has 0 radical (unpaired) electrons. The fraction of sp³-hybridized carbons (Fsp3) is 0.0625. The first-order valence-corrected chi connectivity index (χ1v) is 6.89. The third kappa shape index (κ3) is 4.71. The van der Waals surface area contributed by atoms with E-state index in [1.807, 2.05) is 30.3 Å². The van der Waals surface area contributed by atoms with E-state index in [1.54, 1.807) is 18.2 Å². The van der Waals surface area contributed by atoms with Crippen LogP contribution < -0.4 is 10.6 Å². The third-order valence-corrected chi connectivity index (χ3v) is 2.87. The lowest BCUT2D eigenvalue weighted by Gasteiger charge is -2.09. The van der Waals surface area contributed by atoms with Gasteiger partial charge in [-0.1, -0.05) is 41.9 Å². The molecule has 2 amide bonds. The van der Waals surface area contributed by atoms with Crippen LogP contribution in [-0.4, -0.2) is 16.8 Å². The van der Waals surface area contributed by atoms with Gasteiger partial charge < -0.3 is 10.6 Å². The molecule has 0 unspecified atom stereocenters. The average Bonchev–Trinajstić information content (AvgIpc) is 2.49. The fourth-order valence-electron chi connectivity index (χ4n) is 1.71. The van der Waals surface area contributed by atoms with Gasteiger partial charge in [0.1, 0.15) is 10.9 Å². The summed E-state index contributed by atoms with van der Waals surface area (Å²) >= 11 is 5.69. The number of hydrogen-bond donors (Lipinski definition) is 2. The number of rotatable bonds is 4. The molecule has 0 aliphatic heterocycles. The summed E-state index contributed by atoms with van der Waals surface area (Å²) in [5, 5.41) is 5.51. The Bertz CT molecular complexity index is 697. The molecule has 6 heteroatoms. The Morgan fingerprint density at radius 1 is 1.14 bits per heavy atom. The molecule has 2 N–H and O–H groups in total. The third-order valence-electron chi connectivity index (χ3n) is 2.65. The quantitative estimate of drug-likeness (QED) is 0.673. The second-order valence-electron chi connectivity index (χ2n) is 4.47. The summed E-state index contributed by atoms with van der Waals surface area (Å²) in [5.41, 5.74) is 1.43. The first-order chi connectivity index (χ1) is 10.5. The molecule has 0 aliphatic rings. The summed E-state index contributed by atoms with van der Waals surface area (Å²) in [5.74, 6) is -0.769. The van der Waals surface area contributed by atoms with Gasteiger partial charge in [0.2, 0.25) is 5.91 Å². The molecule has 1 aromatic carbocycles. The monoisotopic (exact) mass is 315 g/mol. The maximum Gasteiger partial charge on any atom is 0.272 e. The summed E-state index contributed by atoms with van der Waals surface area (Å²) in [7, 11) is 0. The van der Waals surface area contributed by atoms with Gasteiger partial charge in [-0.15, -0.1) is 0 Å². The van der Waals surface area contributed by atoms with Gasteiger partial charge in [0.25, 0.3) is 5.91 Å². The van der Waals surface area contributed by atoms with Crippen molar-refractivity contribution in [3.8, 4) is 0 Å². The molecule has 1 aromatic heterocycles. The molecule has 0 aliphatic carbocycles. The van der Waals surface area contributed by atoms with Crippen molar-refractivity contribution >= 4 is 35.2 Å². The van der Waals surface area contributed by atoms with Gasteiger partial charge in [-0.05, 0) is 23.8 Å². The summed E-state index contributed by atoms with van der Waals surface area (Å²) < 4.78 is 0. The number of nitrogens with one attached hydrogen (secondary N) is 2. The van der Waals surface area contributed by atoms with Crippen LogP contribution in [-0.2, 0) is 9.59 Å². The van der Waals surface area contributed by atoms with Gasteiger partial charge in [0.05, 0.1) is 11.9 Å². The topological polar surface area (TPSA) is 71.1 Å². The number of amides is 2. The fourth-order valence-corrected chi connectivity index (χ4v) is 1.82. The molecule has 0 saturated heterocycles. The SMILES string of the molecule is CC(=O)N/C(=C/c1ccccc1)C(=O)Nc1ccc(Cl)nc1. The van der Waals surface area contributed by atoms with Crippen molar-refractivity contribution in [2.75, 3.05) is 5.32 Å². The molecule has 0 fully saturated rings. The van der Waals surface area contributed by atoms with Gasteiger partial charge >= 0.3 is 0 Å². The van der Waals surface area contributed by atoms with E-state index in [9.17, 15) is 9.59 Å². The second kappa shape index (κ2) is 7.38. The van der Waals surface area contributed by atoms with Crippen LogP contribution in [0.5, 0.6) is 0 Å². The summed E-state index contributed by atoms with van der Waals surface area (Å²) in [6, 6.07) is 12.4. The number of carbonyl (C=O) groups is 2. The van der Waals surface area contributed by atoms with E-state index < -0.39 is 5.91 Å². The number of carbonyl (C=O) groups excluding carboxylic acids is 2. The average molecular weight is 316 g/mol. The molecule has 0 bridgehead atoms. The number of hydrogen-bond acceptors (Lipinski definition) is 3. The van der Waals surface area contributed by atoms with Crippen LogP contribution in [0.1, 0.15) is 12.5 Å². The van der Waals surface area contributed by atoms with Gasteiger partial charge in [0, 0.05) is 6.92 Å². The van der Waals surface area contributed by atoms with E-state index >= 15 is 0 Å².